The average molecular weight is 543 g/mol. The fourth-order valence-corrected chi connectivity index (χ4v) is 5.32. The quantitative estimate of drug-likeness (QED) is 0.222. The number of aromatic nitrogens is 7. The van der Waals surface area contributed by atoms with Crippen LogP contribution in [0.3, 0.4) is 0 Å². The highest BCUT2D eigenvalue weighted by Crippen LogP contribution is 2.35. The van der Waals surface area contributed by atoms with E-state index in [-0.39, 0.29) is 11.3 Å². The number of carbonyl (C=O) groups is 1. The number of carbonyl (C=O) groups excluding carboxylic acids is 1. The molecule has 190 valence electrons. The van der Waals surface area contributed by atoms with E-state index in [1.165, 1.54) is 11.3 Å². The molecule has 0 saturated heterocycles. The monoisotopic (exact) mass is 542 g/mol. The number of nitrogens with one attached hydrogen (secondary N) is 3. The van der Waals surface area contributed by atoms with Gasteiger partial charge in [0.05, 0.1) is 32.9 Å². The molecular weight excluding hydrogens is 520 g/mol. The maximum Gasteiger partial charge on any atom is 0.224 e. The zero-order valence-electron chi connectivity index (χ0n) is 20.8. The molecule has 0 atom stereocenters. The lowest BCUT2D eigenvalue weighted by Crippen LogP contribution is -2.19. The summed E-state index contributed by atoms with van der Waals surface area (Å²) in [6.07, 6.45) is 5.49. The minimum atomic E-state index is -0.108. The predicted molar refractivity (Wildman–Crippen MR) is 151 cm³/mol. The van der Waals surface area contributed by atoms with Gasteiger partial charge >= 0.3 is 0 Å². The Labute approximate surface area is 226 Å². The van der Waals surface area contributed by atoms with Gasteiger partial charge in [0.1, 0.15) is 5.52 Å². The van der Waals surface area contributed by atoms with Crippen molar-refractivity contribution in [2.45, 2.75) is 27.2 Å². The highest BCUT2D eigenvalue weighted by Gasteiger charge is 2.19. The molecule has 38 heavy (non-hydrogen) atoms. The van der Waals surface area contributed by atoms with E-state index < -0.39 is 0 Å². The maximum atomic E-state index is 12.4. The number of imidazole rings is 1. The predicted octanol–water partition coefficient (Wildman–Crippen LogP) is 6.71. The van der Waals surface area contributed by atoms with E-state index in [1.807, 2.05) is 57.2 Å². The first-order valence-corrected chi connectivity index (χ1v) is 13.1. The highest BCUT2D eigenvalue weighted by molar-refractivity contribution is 7.19. The molecule has 0 aliphatic carbocycles. The molecule has 6 aromatic heterocycles. The number of hydrogen-bond donors (Lipinski definition) is 3. The standard InChI is InChI=1S/C27H23ClN8OS/c1-27(2,3)11-21(37)31-15-10-14(12-29-13-15)17-4-5-18-23(32-17)24(36-35-18)26-33-22-16(8-9-30-25(22)34-26)19-6-7-20(28)38-19/h4-10,12-13H,11H2,1-3H3,(H,31,37)(H,35,36)(H,30,33,34). The second-order valence-corrected chi connectivity index (χ2v) is 11.9. The minimum absolute atomic E-state index is 0.0559. The van der Waals surface area contributed by atoms with Crippen LogP contribution in [0.2, 0.25) is 4.34 Å². The number of pyridine rings is 3. The molecule has 0 saturated carbocycles. The Morgan fingerprint density at radius 1 is 1.11 bits per heavy atom. The van der Waals surface area contributed by atoms with Crippen molar-refractivity contribution in [2.24, 2.45) is 5.41 Å². The van der Waals surface area contributed by atoms with Crippen LogP contribution in [-0.2, 0) is 4.79 Å². The number of amides is 1. The number of hydrogen-bond acceptors (Lipinski definition) is 7. The molecule has 0 aromatic carbocycles. The first-order valence-electron chi connectivity index (χ1n) is 11.9. The molecule has 3 N–H and O–H groups in total. The number of halogens is 1. The zero-order chi connectivity index (χ0) is 26.4. The van der Waals surface area contributed by atoms with Crippen LogP contribution in [0.25, 0.3) is 55.4 Å². The molecule has 0 bridgehead atoms. The summed E-state index contributed by atoms with van der Waals surface area (Å²) in [5.74, 6) is 0.500. The Morgan fingerprint density at radius 3 is 2.76 bits per heavy atom. The summed E-state index contributed by atoms with van der Waals surface area (Å²) in [5, 5.41) is 10.5. The fourth-order valence-electron chi connectivity index (χ4n) is 4.25. The third kappa shape index (κ3) is 4.75. The van der Waals surface area contributed by atoms with Crippen molar-refractivity contribution in [3.05, 3.63) is 59.3 Å². The Kier molecular flexibility index (Phi) is 5.93. The Balaban J connectivity index is 1.36. The molecule has 0 aliphatic heterocycles. The van der Waals surface area contributed by atoms with E-state index in [0.717, 1.165) is 27.0 Å². The molecule has 0 fully saturated rings. The average Bonchev–Trinajstić information content (AvgIpc) is 3.60. The highest BCUT2D eigenvalue weighted by atomic mass is 35.5. The van der Waals surface area contributed by atoms with Gasteiger partial charge in [-0.25, -0.2) is 15.0 Å². The number of rotatable bonds is 5. The molecule has 0 aliphatic rings. The van der Waals surface area contributed by atoms with Crippen molar-refractivity contribution < 1.29 is 4.79 Å². The first-order chi connectivity index (χ1) is 18.2. The molecule has 1 amide bonds. The smallest absolute Gasteiger partial charge is 0.224 e. The van der Waals surface area contributed by atoms with E-state index in [0.29, 0.717) is 44.8 Å². The largest absolute Gasteiger partial charge is 0.335 e. The summed E-state index contributed by atoms with van der Waals surface area (Å²) < 4.78 is 0.715. The van der Waals surface area contributed by atoms with Crippen LogP contribution >= 0.6 is 22.9 Å². The molecule has 6 rings (SSSR count). The van der Waals surface area contributed by atoms with Gasteiger partial charge in [0.2, 0.25) is 5.91 Å². The molecule has 9 nitrogen and oxygen atoms in total. The van der Waals surface area contributed by atoms with Crippen molar-refractivity contribution in [1.82, 2.24) is 35.1 Å². The zero-order valence-corrected chi connectivity index (χ0v) is 22.4. The molecule has 0 unspecified atom stereocenters. The van der Waals surface area contributed by atoms with Gasteiger partial charge in [-0.3, -0.25) is 14.9 Å². The number of nitrogens with zero attached hydrogens (tertiary/aromatic N) is 5. The molecule has 6 heterocycles. The van der Waals surface area contributed by atoms with Gasteiger partial charge in [-0.05, 0) is 41.8 Å². The van der Waals surface area contributed by atoms with Crippen LogP contribution < -0.4 is 5.32 Å². The molecule has 6 aromatic rings. The van der Waals surface area contributed by atoms with E-state index in [4.69, 9.17) is 21.6 Å². The van der Waals surface area contributed by atoms with Gasteiger partial charge in [-0.1, -0.05) is 32.4 Å². The lowest BCUT2D eigenvalue weighted by atomic mass is 9.92. The summed E-state index contributed by atoms with van der Waals surface area (Å²) >= 11 is 7.66. The molecular formula is C27H23ClN8OS. The second-order valence-electron chi connectivity index (χ2n) is 10.2. The fraction of sp³-hybridized carbons (Fsp3) is 0.185. The van der Waals surface area contributed by atoms with Gasteiger partial charge in [-0.2, -0.15) is 5.10 Å². The summed E-state index contributed by atoms with van der Waals surface area (Å²) in [5.41, 5.74) is 6.34. The summed E-state index contributed by atoms with van der Waals surface area (Å²) in [7, 11) is 0. The van der Waals surface area contributed by atoms with E-state index in [2.05, 4.69) is 30.5 Å². The maximum absolute atomic E-state index is 12.4. The van der Waals surface area contributed by atoms with Gasteiger partial charge in [0, 0.05) is 34.8 Å². The third-order valence-corrected chi connectivity index (χ3v) is 7.14. The Bertz CT molecular complexity index is 1810. The second kappa shape index (κ2) is 9.30. The number of anilines is 1. The van der Waals surface area contributed by atoms with Gasteiger partial charge in [0.15, 0.2) is 17.2 Å². The van der Waals surface area contributed by atoms with Crippen LogP contribution in [0.1, 0.15) is 27.2 Å². The number of aromatic amines is 2. The lowest BCUT2D eigenvalue weighted by Gasteiger charge is -2.17. The van der Waals surface area contributed by atoms with Gasteiger partial charge in [0.25, 0.3) is 0 Å². The Morgan fingerprint density at radius 2 is 1.97 bits per heavy atom. The molecule has 11 heteroatoms. The van der Waals surface area contributed by atoms with Crippen molar-refractivity contribution in [2.75, 3.05) is 5.32 Å². The number of H-pyrrole nitrogens is 2. The third-order valence-electron chi connectivity index (χ3n) is 5.87. The Hall–Kier alpha value is -4.15. The van der Waals surface area contributed by atoms with Gasteiger partial charge in [-0.15, -0.1) is 11.3 Å². The topological polar surface area (TPSA) is 125 Å². The van der Waals surface area contributed by atoms with E-state index in [1.54, 1.807) is 18.6 Å². The summed E-state index contributed by atoms with van der Waals surface area (Å²) in [6, 6.07) is 11.5. The van der Waals surface area contributed by atoms with Crippen LogP contribution in [0.15, 0.2) is 55.0 Å². The van der Waals surface area contributed by atoms with Gasteiger partial charge < -0.3 is 10.3 Å². The van der Waals surface area contributed by atoms with Crippen LogP contribution in [-0.4, -0.2) is 41.0 Å². The van der Waals surface area contributed by atoms with Crippen LogP contribution in [0.4, 0.5) is 5.69 Å². The van der Waals surface area contributed by atoms with Crippen molar-refractivity contribution in [3.63, 3.8) is 0 Å². The van der Waals surface area contributed by atoms with Crippen molar-refractivity contribution in [3.8, 4) is 33.2 Å². The first kappa shape index (κ1) is 24.2. The van der Waals surface area contributed by atoms with Crippen molar-refractivity contribution >= 4 is 56.7 Å². The molecule has 0 radical (unpaired) electrons. The normalized spacial score (nSPS) is 11.9. The minimum Gasteiger partial charge on any atom is -0.335 e. The summed E-state index contributed by atoms with van der Waals surface area (Å²) in [4.78, 5) is 35.1. The van der Waals surface area contributed by atoms with E-state index >= 15 is 0 Å². The number of thiophene rings is 1. The van der Waals surface area contributed by atoms with Crippen molar-refractivity contribution in [1.29, 1.82) is 0 Å². The SMILES string of the molecule is CC(C)(C)CC(=O)Nc1cncc(-c2ccc3[nH]nc(-c4nc5nccc(-c6ccc(Cl)s6)c5[nH]4)c3n2)c1. The molecule has 0 spiro atoms. The van der Waals surface area contributed by atoms with E-state index in [9.17, 15) is 4.79 Å². The lowest BCUT2D eigenvalue weighted by molar-refractivity contribution is -0.117. The van der Waals surface area contributed by atoms with Crippen LogP contribution in [0, 0.1) is 5.41 Å². The number of fused-ring (bicyclic) bond motifs is 2. The summed E-state index contributed by atoms with van der Waals surface area (Å²) in [6.45, 7) is 6.08. The van der Waals surface area contributed by atoms with Crippen LogP contribution in [0.5, 0.6) is 0 Å².